The number of aryl methyl sites for hydroxylation is 2. The molecule has 6 heteroatoms. The zero-order chi connectivity index (χ0) is 19.7. The highest BCUT2D eigenvalue weighted by Crippen LogP contribution is 2.27. The molecule has 0 aliphatic rings. The van der Waals surface area contributed by atoms with Gasteiger partial charge in [-0.1, -0.05) is 13.5 Å². The van der Waals surface area contributed by atoms with Crippen LogP contribution in [-0.2, 0) is 0 Å². The predicted molar refractivity (Wildman–Crippen MR) is 111 cm³/mol. The molecule has 3 aromatic rings. The molecular formula is C21H28N6. The predicted octanol–water partition coefficient (Wildman–Crippen LogP) is 4.69. The van der Waals surface area contributed by atoms with Crippen molar-refractivity contribution in [2.45, 2.75) is 60.0 Å². The quantitative estimate of drug-likeness (QED) is 0.687. The number of imidazole rings is 1. The smallest absolute Gasteiger partial charge is 0.223 e. The second-order valence-electron chi connectivity index (χ2n) is 7.31. The molecule has 6 nitrogen and oxygen atoms in total. The first-order chi connectivity index (χ1) is 12.8. The molecule has 142 valence electrons. The van der Waals surface area contributed by atoms with Crippen LogP contribution in [0.2, 0.25) is 0 Å². The van der Waals surface area contributed by atoms with E-state index in [1.807, 2.05) is 26.2 Å². The molecule has 0 amide bonds. The average molecular weight is 364 g/mol. The van der Waals surface area contributed by atoms with E-state index < -0.39 is 0 Å². The molecule has 1 unspecified atom stereocenters. The summed E-state index contributed by atoms with van der Waals surface area (Å²) >= 11 is 0. The van der Waals surface area contributed by atoms with Crippen LogP contribution in [0.5, 0.6) is 0 Å². The lowest BCUT2D eigenvalue weighted by atomic mass is 10.0. The third-order valence-corrected chi connectivity index (χ3v) is 4.88. The summed E-state index contributed by atoms with van der Waals surface area (Å²) in [5.74, 6) is 1.62. The van der Waals surface area contributed by atoms with Crippen LogP contribution < -0.4 is 5.32 Å². The Morgan fingerprint density at radius 2 is 1.89 bits per heavy atom. The monoisotopic (exact) mass is 364 g/mol. The number of hydrogen-bond acceptors (Lipinski definition) is 5. The van der Waals surface area contributed by atoms with Crippen molar-refractivity contribution in [2.75, 3.05) is 5.32 Å². The molecule has 0 aliphatic carbocycles. The van der Waals surface area contributed by atoms with Gasteiger partial charge in [0.1, 0.15) is 5.82 Å². The van der Waals surface area contributed by atoms with Gasteiger partial charge in [0.25, 0.3) is 0 Å². The molecule has 0 bridgehead atoms. The Morgan fingerprint density at radius 3 is 2.52 bits per heavy atom. The fourth-order valence-corrected chi connectivity index (χ4v) is 3.22. The van der Waals surface area contributed by atoms with Crippen molar-refractivity contribution in [3.05, 3.63) is 47.7 Å². The maximum atomic E-state index is 4.60. The summed E-state index contributed by atoms with van der Waals surface area (Å²) in [7, 11) is 0. The molecule has 0 saturated heterocycles. The van der Waals surface area contributed by atoms with Crippen molar-refractivity contribution in [3.8, 4) is 0 Å². The van der Waals surface area contributed by atoms with Crippen molar-refractivity contribution in [1.29, 1.82) is 0 Å². The summed E-state index contributed by atoms with van der Waals surface area (Å²) in [5, 5.41) is 3.31. The van der Waals surface area contributed by atoms with E-state index in [0.29, 0.717) is 18.0 Å². The number of rotatable bonds is 6. The minimum Gasteiger partial charge on any atom is -0.352 e. The van der Waals surface area contributed by atoms with E-state index in [1.165, 1.54) is 0 Å². The van der Waals surface area contributed by atoms with Crippen LogP contribution in [0.25, 0.3) is 16.7 Å². The van der Waals surface area contributed by atoms with Crippen LogP contribution in [0.4, 0.5) is 5.95 Å². The summed E-state index contributed by atoms with van der Waals surface area (Å²) in [4.78, 5) is 18.2. The van der Waals surface area contributed by atoms with E-state index in [1.54, 1.807) is 0 Å². The first-order valence-corrected chi connectivity index (χ1v) is 9.46. The maximum Gasteiger partial charge on any atom is 0.223 e. The van der Waals surface area contributed by atoms with E-state index >= 15 is 0 Å². The van der Waals surface area contributed by atoms with Gasteiger partial charge in [0, 0.05) is 35.6 Å². The zero-order valence-electron chi connectivity index (χ0n) is 17.0. The van der Waals surface area contributed by atoms with Crippen molar-refractivity contribution in [2.24, 2.45) is 0 Å². The Kier molecular flexibility index (Phi) is 5.26. The van der Waals surface area contributed by atoms with Gasteiger partial charge < -0.3 is 9.88 Å². The van der Waals surface area contributed by atoms with Gasteiger partial charge in [0.2, 0.25) is 5.95 Å². The Bertz CT molecular complexity index is 986. The van der Waals surface area contributed by atoms with Gasteiger partial charge in [0.15, 0.2) is 5.65 Å². The Balaban J connectivity index is 1.97. The normalized spacial score (nSPS) is 12.6. The number of aromatic nitrogens is 5. The van der Waals surface area contributed by atoms with E-state index in [0.717, 1.165) is 45.8 Å². The summed E-state index contributed by atoms with van der Waals surface area (Å²) in [6, 6.07) is 2.76. The molecule has 0 spiro atoms. The molecule has 1 atom stereocenters. The Hall–Kier alpha value is -2.76. The highest BCUT2D eigenvalue weighted by atomic mass is 15.1. The van der Waals surface area contributed by atoms with Gasteiger partial charge in [-0.3, -0.25) is 0 Å². The number of hydrogen-bond donors (Lipinski definition) is 1. The molecule has 3 rings (SSSR count). The number of nitrogens with one attached hydrogen (secondary N) is 1. The van der Waals surface area contributed by atoms with Crippen LogP contribution in [0, 0.1) is 13.8 Å². The highest BCUT2D eigenvalue weighted by Gasteiger charge is 2.15. The molecule has 0 radical (unpaired) electrons. The number of nitrogens with zero attached hydrogens (tertiary/aromatic N) is 5. The van der Waals surface area contributed by atoms with Crippen LogP contribution >= 0.6 is 0 Å². The topological polar surface area (TPSA) is 68.5 Å². The largest absolute Gasteiger partial charge is 0.352 e. The summed E-state index contributed by atoms with van der Waals surface area (Å²) < 4.78 is 2.20. The average Bonchev–Trinajstić information content (AvgIpc) is 2.96. The van der Waals surface area contributed by atoms with Gasteiger partial charge in [-0.05, 0) is 52.7 Å². The summed E-state index contributed by atoms with van der Waals surface area (Å²) in [6.07, 6.45) is 4.68. The second-order valence-corrected chi connectivity index (χ2v) is 7.31. The maximum absolute atomic E-state index is 4.60. The molecule has 1 N–H and O–H groups in total. The van der Waals surface area contributed by atoms with Gasteiger partial charge in [0.05, 0.1) is 11.2 Å². The molecule has 0 saturated carbocycles. The fourth-order valence-electron chi connectivity index (χ4n) is 3.22. The fraction of sp³-hybridized carbons (Fsp3) is 0.429. The van der Waals surface area contributed by atoms with Crippen molar-refractivity contribution < 1.29 is 0 Å². The number of pyridine rings is 1. The van der Waals surface area contributed by atoms with E-state index in [4.69, 9.17) is 0 Å². The van der Waals surface area contributed by atoms with Crippen molar-refractivity contribution >= 4 is 22.7 Å². The van der Waals surface area contributed by atoms with Gasteiger partial charge in [-0.2, -0.15) is 0 Å². The minimum atomic E-state index is 0.316. The van der Waals surface area contributed by atoms with Crippen LogP contribution in [-0.4, -0.2) is 30.5 Å². The first-order valence-electron chi connectivity index (χ1n) is 9.46. The molecule has 0 fully saturated rings. The standard InChI is InChI=1S/C21H28N6/c1-8-13(4)24-21-23-11-18(15(6)25-21)14(5)17-9-19-20(22-10-17)26-16(7)27(19)12(2)3/h9-13H,5,8H2,1-4,6-7H3,(H,23,24,25). The molecule has 3 aromatic heterocycles. The molecule has 3 heterocycles. The van der Waals surface area contributed by atoms with Crippen LogP contribution in [0.3, 0.4) is 0 Å². The zero-order valence-corrected chi connectivity index (χ0v) is 17.0. The third-order valence-electron chi connectivity index (χ3n) is 4.88. The third kappa shape index (κ3) is 3.70. The van der Waals surface area contributed by atoms with Crippen molar-refractivity contribution in [1.82, 2.24) is 24.5 Å². The van der Waals surface area contributed by atoms with E-state index in [2.05, 4.69) is 70.2 Å². The van der Waals surface area contributed by atoms with Gasteiger partial charge in [-0.15, -0.1) is 0 Å². The van der Waals surface area contributed by atoms with Gasteiger partial charge in [-0.25, -0.2) is 19.9 Å². The second kappa shape index (κ2) is 7.47. The Morgan fingerprint density at radius 1 is 1.15 bits per heavy atom. The van der Waals surface area contributed by atoms with Gasteiger partial charge >= 0.3 is 0 Å². The molecule has 0 aliphatic heterocycles. The van der Waals surface area contributed by atoms with E-state index in [9.17, 15) is 0 Å². The molecule has 0 aromatic carbocycles. The lowest BCUT2D eigenvalue weighted by Crippen LogP contribution is -2.16. The van der Waals surface area contributed by atoms with Crippen LogP contribution in [0.15, 0.2) is 25.0 Å². The summed E-state index contributed by atoms with van der Waals surface area (Å²) in [6.45, 7) is 16.8. The number of fused-ring (bicyclic) bond motifs is 1. The first kappa shape index (κ1) is 19.0. The summed E-state index contributed by atoms with van der Waals surface area (Å²) in [5.41, 5.74) is 5.44. The van der Waals surface area contributed by atoms with Crippen LogP contribution in [0.1, 0.15) is 62.8 Å². The Labute approximate surface area is 160 Å². The minimum absolute atomic E-state index is 0.316. The number of anilines is 1. The molecular weight excluding hydrogens is 336 g/mol. The lowest BCUT2D eigenvalue weighted by molar-refractivity contribution is 0.600. The highest BCUT2D eigenvalue weighted by molar-refractivity contribution is 5.84. The lowest BCUT2D eigenvalue weighted by Gasteiger charge is -2.14. The van der Waals surface area contributed by atoms with Crippen molar-refractivity contribution in [3.63, 3.8) is 0 Å². The SMILES string of the molecule is C=C(c1cnc2nc(C)n(C(C)C)c2c1)c1cnc(NC(C)CC)nc1C. The molecule has 27 heavy (non-hydrogen) atoms. The van der Waals surface area contributed by atoms with E-state index in [-0.39, 0.29) is 0 Å².